The molecule has 0 amide bonds. The zero-order chi connectivity index (χ0) is 11.3. The monoisotopic (exact) mass is 205 g/mol. The molecule has 1 atom stereocenters. The van der Waals surface area contributed by atoms with Crippen molar-refractivity contribution in [2.45, 2.75) is 12.5 Å². The summed E-state index contributed by atoms with van der Waals surface area (Å²) in [6.07, 6.45) is 2.22. The third-order valence-electron chi connectivity index (χ3n) is 2.22. The predicted octanol–water partition coefficient (Wildman–Crippen LogP) is 1.37. The number of esters is 1. The fraction of sp³-hybridized carbons (Fsp3) is 0.250. The van der Waals surface area contributed by atoms with Crippen molar-refractivity contribution in [3.05, 3.63) is 42.0 Å². The molecule has 0 aliphatic rings. The summed E-state index contributed by atoms with van der Waals surface area (Å²) in [5, 5.41) is 0. The van der Waals surface area contributed by atoms with Crippen molar-refractivity contribution in [1.29, 1.82) is 0 Å². The standard InChI is InChI=1S/C12H15NO2/c1-3-9-6-4-5-7-10(9)8-11(13)12(14)15-2/h3-7,11H,1,8,13H2,2H3/t11-/m0/s1. The van der Waals surface area contributed by atoms with Gasteiger partial charge in [0.05, 0.1) is 7.11 Å². The summed E-state index contributed by atoms with van der Waals surface area (Å²) < 4.78 is 4.57. The van der Waals surface area contributed by atoms with Gasteiger partial charge in [-0.3, -0.25) is 4.79 Å². The van der Waals surface area contributed by atoms with E-state index in [0.717, 1.165) is 11.1 Å². The van der Waals surface area contributed by atoms with E-state index in [2.05, 4.69) is 11.3 Å². The lowest BCUT2D eigenvalue weighted by molar-refractivity contribution is -0.142. The van der Waals surface area contributed by atoms with Crippen molar-refractivity contribution in [3.63, 3.8) is 0 Å². The molecular weight excluding hydrogens is 190 g/mol. The van der Waals surface area contributed by atoms with Gasteiger partial charge in [-0.05, 0) is 17.5 Å². The number of benzene rings is 1. The summed E-state index contributed by atoms with van der Waals surface area (Å²) in [6.45, 7) is 3.71. The van der Waals surface area contributed by atoms with Crippen LogP contribution in [0.5, 0.6) is 0 Å². The average molecular weight is 205 g/mol. The highest BCUT2D eigenvalue weighted by atomic mass is 16.5. The topological polar surface area (TPSA) is 52.3 Å². The molecule has 2 N–H and O–H groups in total. The van der Waals surface area contributed by atoms with E-state index in [9.17, 15) is 4.79 Å². The van der Waals surface area contributed by atoms with E-state index in [4.69, 9.17) is 5.73 Å². The summed E-state index contributed by atoms with van der Waals surface area (Å²) in [5.41, 5.74) is 7.68. The van der Waals surface area contributed by atoms with E-state index in [1.807, 2.05) is 24.3 Å². The molecule has 0 aliphatic carbocycles. The van der Waals surface area contributed by atoms with Crippen molar-refractivity contribution in [1.82, 2.24) is 0 Å². The Labute approximate surface area is 89.5 Å². The van der Waals surface area contributed by atoms with Crippen LogP contribution >= 0.6 is 0 Å². The fourth-order valence-corrected chi connectivity index (χ4v) is 1.39. The van der Waals surface area contributed by atoms with Gasteiger partial charge >= 0.3 is 5.97 Å². The SMILES string of the molecule is C=Cc1ccccc1C[C@H](N)C(=O)OC. The first-order valence-electron chi connectivity index (χ1n) is 4.72. The number of nitrogens with two attached hydrogens (primary N) is 1. The van der Waals surface area contributed by atoms with Crippen molar-refractivity contribution in [2.24, 2.45) is 5.73 Å². The first kappa shape index (κ1) is 11.5. The van der Waals surface area contributed by atoms with E-state index in [1.54, 1.807) is 6.08 Å². The number of ether oxygens (including phenoxy) is 1. The van der Waals surface area contributed by atoms with Crippen LogP contribution in [0.4, 0.5) is 0 Å². The minimum Gasteiger partial charge on any atom is -0.468 e. The molecule has 0 bridgehead atoms. The Morgan fingerprint density at radius 2 is 2.27 bits per heavy atom. The van der Waals surface area contributed by atoms with E-state index < -0.39 is 12.0 Å². The van der Waals surface area contributed by atoms with Crippen LogP contribution in [0.25, 0.3) is 6.08 Å². The summed E-state index contributed by atoms with van der Waals surface area (Å²) in [6, 6.07) is 7.08. The van der Waals surface area contributed by atoms with E-state index >= 15 is 0 Å². The van der Waals surface area contributed by atoms with Gasteiger partial charge in [0.25, 0.3) is 0 Å². The van der Waals surface area contributed by atoms with Crippen LogP contribution in [0, 0.1) is 0 Å². The highest BCUT2D eigenvalue weighted by molar-refractivity contribution is 5.76. The minimum absolute atomic E-state index is 0.395. The Morgan fingerprint density at radius 1 is 1.60 bits per heavy atom. The minimum atomic E-state index is -0.615. The zero-order valence-corrected chi connectivity index (χ0v) is 8.77. The first-order chi connectivity index (χ1) is 7.19. The molecule has 0 radical (unpaired) electrons. The molecular formula is C12H15NO2. The van der Waals surface area contributed by atoms with Gasteiger partial charge in [-0.15, -0.1) is 0 Å². The molecule has 0 unspecified atom stereocenters. The molecule has 0 fully saturated rings. The lowest BCUT2D eigenvalue weighted by Gasteiger charge is -2.11. The molecule has 1 aromatic carbocycles. The van der Waals surface area contributed by atoms with E-state index in [0.29, 0.717) is 6.42 Å². The number of hydrogen-bond donors (Lipinski definition) is 1. The second-order valence-corrected chi connectivity index (χ2v) is 3.24. The molecule has 0 heterocycles. The van der Waals surface area contributed by atoms with Crippen LogP contribution < -0.4 is 5.73 Å². The maximum atomic E-state index is 11.1. The third-order valence-corrected chi connectivity index (χ3v) is 2.22. The zero-order valence-electron chi connectivity index (χ0n) is 8.77. The molecule has 80 valence electrons. The Kier molecular flexibility index (Phi) is 4.06. The highest BCUT2D eigenvalue weighted by Crippen LogP contribution is 2.12. The molecule has 3 nitrogen and oxygen atoms in total. The Balaban J connectivity index is 2.80. The van der Waals surface area contributed by atoms with Crippen LogP contribution in [-0.4, -0.2) is 19.1 Å². The molecule has 0 aliphatic heterocycles. The van der Waals surface area contributed by atoms with Crippen molar-refractivity contribution in [3.8, 4) is 0 Å². The van der Waals surface area contributed by atoms with Crippen molar-refractivity contribution < 1.29 is 9.53 Å². The van der Waals surface area contributed by atoms with Gasteiger partial charge in [-0.2, -0.15) is 0 Å². The van der Waals surface area contributed by atoms with Gasteiger partial charge in [-0.25, -0.2) is 0 Å². The number of carbonyl (C=O) groups is 1. The van der Waals surface area contributed by atoms with Crippen LogP contribution in [0.3, 0.4) is 0 Å². The van der Waals surface area contributed by atoms with Gasteiger partial charge in [0.2, 0.25) is 0 Å². The molecule has 0 saturated heterocycles. The number of hydrogen-bond acceptors (Lipinski definition) is 3. The number of carbonyl (C=O) groups excluding carboxylic acids is 1. The third kappa shape index (κ3) is 2.92. The highest BCUT2D eigenvalue weighted by Gasteiger charge is 2.14. The lowest BCUT2D eigenvalue weighted by Crippen LogP contribution is -2.33. The lowest BCUT2D eigenvalue weighted by atomic mass is 10.0. The maximum Gasteiger partial charge on any atom is 0.322 e. The second-order valence-electron chi connectivity index (χ2n) is 3.24. The van der Waals surface area contributed by atoms with E-state index in [-0.39, 0.29) is 0 Å². The van der Waals surface area contributed by atoms with Gasteiger partial charge in [0, 0.05) is 0 Å². The van der Waals surface area contributed by atoms with Crippen molar-refractivity contribution in [2.75, 3.05) is 7.11 Å². The Morgan fingerprint density at radius 3 is 2.87 bits per heavy atom. The van der Waals surface area contributed by atoms with Gasteiger partial charge < -0.3 is 10.5 Å². The second kappa shape index (κ2) is 5.32. The average Bonchev–Trinajstić information content (AvgIpc) is 2.28. The van der Waals surface area contributed by atoms with Gasteiger partial charge in [0.15, 0.2) is 0 Å². The van der Waals surface area contributed by atoms with E-state index in [1.165, 1.54) is 7.11 Å². The molecule has 1 rings (SSSR count). The van der Waals surface area contributed by atoms with Crippen LogP contribution in [0.2, 0.25) is 0 Å². The quantitative estimate of drug-likeness (QED) is 0.755. The number of methoxy groups -OCH3 is 1. The van der Waals surface area contributed by atoms with Crippen LogP contribution in [0.15, 0.2) is 30.8 Å². The molecule has 0 saturated carbocycles. The normalized spacial score (nSPS) is 11.9. The molecule has 0 spiro atoms. The van der Waals surface area contributed by atoms with Crippen LogP contribution in [0.1, 0.15) is 11.1 Å². The summed E-state index contributed by atoms with van der Waals surface area (Å²) in [7, 11) is 1.33. The Hall–Kier alpha value is -1.61. The van der Waals surface area contributed by atoms with Crippen LogP contribution in [-0.2, 0) is 16.0 Å². The fourth-order valence-electron chi connectivity index (χ4n) is 1.39. The summed E-state index contributed by atoms with van der Waals surface area (Å²) >= 11 is 0. The number of rotatable bonds is 4. The Bertz CT molecular complexity index is 360. The van der Waals surface area contributed by atoms with Gasteiger partial charge in [0.1, 0.15) is 6.04 Å². The first-order valence-corrected chi connectivity index (χ1v) is 4.72. The molecule has 15 heavy (non-hydrogen) atoms. The largest absolute Gasteiger partial charge is 0.468 e. The summed E-state index contributed by atoms with van der Waals surface area (Å²) in [4.78, 5) is 11.1. The smallest absolute Gasteiger partial charge is 0.322 e. The molecule has 0 aromatic heterocycles. The maximum absolute atomic E-state index is 11.1. The predicted molar refractivity (Wildman–Crippen MR) is 60.2 cm³/mol. The van der Waals surface area contributed by atoms with Crippen molar-refractivity contribution >= 4 is 12.0 Å². The summed E-state index contributed by atoms with van der Waals surface area (Å²) in [5.74, 6) is -0.395. The molecule has 3 heteroatoms. The van der Waals surface area contributed by atoms with Gasteiger partial charge in [-0.1, -0.05) is 36.9 Å². The molecule has 1 aromatic rings.